The van der Waals surface area contributed by atoms with Gasteiger partial charge in [-0.2, -0.15) is 10.1 Å². The van der Waals surface area contributed by atoms with Gasteiger partial charge in [0.2, 0.25) is 5.89 Å². The van der Waals surface area contributed by atoms with Crippen LogP contribution in [0.2, 0.25) is 0 Å². The Morgan fingerprint density at radius 1 is 1.26 bits per heavy atom. The fourth-order valence-electron chi connectivity index (χ4n) is 2.62. The maximum absolute atomic E-state index is 12.7. The summed E-state index contributed by atoms with van der Waals surface area (Å²) in [4.78, 5) is 18.6. The molecule has 0 aliphatic rings. The molecule has 3 aromatic rings. The van der Waals surface area contributed by atoms with Gasteiger partial charge in [0.1, 0.15) is 0 Å². The highest BCUT2D eigenvalue weighted by Crippen LogP contribution is 2.16. The summed E-state index contributed by atoms with van der Waals surface area (Å²) in [5.41, 5.74) is 1.01. The van der Waals surface area contributed by atoms with Crippen molar-refractivity contribution in [1.29, 1.82) is 0 Å². The van der Waals surface area contributed by atoms with Crippen LogP contribution < -0.4 is 5.32 Å². The zero-order valence-corrected chi connectivity index (χ0v) is 15.7. The summed E-state index contributed by atoms with van der Waals surface area (Å²) in [6.07, 6.45) is 3.59. The van der Waals surface area contributed by atoms with Gasteiger partial charge in [-0.1, -0.05) is 49.3 Å². The minimum atomic E-state index is -0.216. The number of carbonyl (C=O) groups is 1. The Hall–Kier alpha value is -3.16. The lowest BCUT2D eigenvalue weighted by Gasteiger charge is -2.23. The Balaban J connectivity index is 1.67. The van der Waals surface area contributed by atoms with Crippen LogP contribution in [0.25, 0.3) is 0 Å². The zero-order chi connectivity index (χ0) is 19.2. The van der Waals surface area contributed by atoms with Gasteiger partial charge in [0.25, 0.3) is 0 Å². The molecule has 0 fully saturated rings. The van der Waals surface area contributed by atoms with Gasteiger partial charge in [-0.3, -0.25) is 4.68 Å². The van der Waals surface area contributed by atoms with E-state index in [-0.39, 0.29) is 24.5 Å². The molecule has 3 rings (SSSR count). The Bertz CT molecular complexity index is 844. The van der Waals surface area contributed by atoms with Crippen molar-refractivity contribution in [1.82, 2.24) is 30.1 Å². The molecule has 8 heteroatoms. The summed E-state index contributed by atoms with van der Waals surface area (Å²) in [6, 6.07) is 11.3. The van der Waals surface area contributed by atoms with E-state index in [0.717, 1.165) is 5.56 Å². The summed E-state index contributed by atoms with van der Waals surface area (Å²) in [5.74, 6) is 1.21. The molecule has 8 nitrogen and oxygen atoms in total. The molecule has 2 heterocycles. The highest BCUT2D eigenvalue weighted by atomic mass is 16.5. The predicted octanol–water partition coefficient (Wildman–Crippen LogP) is 2.97. The number of hydrogen-bond donors (Lipinski definition) is 1. The normalized spacial score (nSPS) is 12.1. The average Bonchev–Trinajstić information content (AvgIpc) is 3.34. The minimum absolute atomic E-state index is 0.155. The lowest BCUT2D eigenvalue weighted by atomic mass is 10.1. The fraction of sp³-hybridized carbons (Fsp3) is 0.368. The van der Waals surface area contributed by atoms with E-state index in [0.29, 0.717) is 18.3 Å². The van der Waals surface area contributed by atoms with Crippen LogP contribution in [0.1, 0.15) is 43.1 Å². The molecular formula is C19H24N6O2. The molecule has 0 bridgehead atoms. The average molecular weight is 368 g/mol. The zero-order valence-electron chi connectivity index (χ0n) is 15.7. The third-order valence-electron chi connectivity index (χ3n) is 4.13. The lowest BCUT2D eigenvalue weighted by Crippen LogP contribution is -2.40. The fourth-order valence-corrected chi connectivity index (χ4v) is 2.62. The molecule has 0 aliphatic carbocycles. The van der Waals surface area contributed by atoms with Crippen LogP contribution in [0, 0.1) is 0 Å². The molecule has 2 aromatic heterocycles. The molecule has 0 aliphatic heterocycles. The van der Waals surface area contributed by atoms with Crippen LogP contribution >= 0.6 is 0 Å². The molecule has 1 aromatic carbocycles. The second-order valence-electron chi connectivity index (χ2n) is 6.70. The van der Waals surface area contributed by atoms with Crippen molar-refractivity contribution in [3.8, 4) is 0 Å². The second-order valence-corrected chi connectivity index (χ2v) is 6.70. The smallest absolute Gasteiger partial charge is 0.318 e. The maximum Gasteiger partial charge on any atom is 0.318 e. The molecule has 1 unspecified atom stereocenters. The molecule has 0 spiro atoms. The third-order valence-corrected chi connectivity index (χ3v) is 4.13. The van der Waals surface area contributed by atoms with Crippen LogP contribution in [0.3, 0.4) is 0 Å². The van der Waals surface area contributed by atoms with Gasteiger partial charge in [-0.15, -0.1) is 0 Å². The van der Waals surface area contributed by atoms with Crippen LogP contribution in [0.4, 0.5) is 4.79 Å². The summed E-state index contributed by atoms with van der Waals surface area (Å²) < 4.78 is 6.99. The van der Waals surface area contributed by atoms with Crippen molar-refractivity contribution in [3.05, 3.63) is 66.1 Å². The predicted molar refractivity (Wildman–Crippen MR) is 99.8 cm³/mol. The Morgan fingerprint density at radius 3 is 2.67 bits per heavy atom. The lowest BCUT2D eigenvalue weighted by molar-refractivity contribution is 0.199. The van der Waals surface area contributed by atoms with E-state index in [1.165, 1.54) is 4.90 Å². The van der Waals surface area contributed by atoms with E-state index < -0.39 is 0 Å². The summed E-state index contributed by atoms with van der Waals surface area (Å²) >= 11 is 0. The number of nitrogens with one attached hydrogen (secondary N) is 1. The summed E-state index contributed by atoms with van der Waals surface area (Å²) in [5, 5.41) is 11.2. The first-order valence-electron chi connectivity index (χ1n) is 8.89. The first-order valence-corrected chi connectivity index (χ1v) is 8.89. The number of nitrogens with zero attached hydrogens (tertiary/aromatic N) is 5. The number of carbonyl (C=O) groups excluding carboxylic acids is 1. The first kappa shape index (κ1) is 18.6. The molecule has 0 radical (unpaired) electrons. The van der Waals surface area contributed by atoms with E-state index in [4.69, 9.17) is 4.52 Å². The number of rotatable bonds is 7. The van der Waals surface area contributed by atoms with Crippen LogP contribution in [-0.2, 0) is 13.1 Å². The van der Waals surface area contributed by atoms with Crippen LogP contribution in [-0.4, -0.2) is 37.9 Å². The third kappa shape index (κ3) is 4.93. The summed E-state index contributed by atoms with van der Waals surface area (Å²) in [6.45, 7) is 4.77. The molecule has 1 N–H and O–H groups in total. The van der Waals surface area contributed by atoms with Crippen molar-refractivity contribution < 1.29 is 9.32 Å². The van der Waals surface area contributed by atoms with Crippen molar-refractivity contribution in [2.45, 2.75) is 38.9 Å². The first-order chi connectivity index (χ1) is 13.0. The number of urea groups is 1. The maximum atomic E-state index is 12.7. The van der Waals surface area contributed by atoms with Crippen molar-refractivity contribution >= 4 is 6.03 Å². The van der Waals surface area contributed by atoms with Gasteiger partial charge in [-0.25, -0.2) is 4.79 Å². The van der Waals surface area contributed by atoms with Crippen molar-refractivity contribution in [2.24, 2.45) is 0 Å². The van der Waals surface area contributed by atoms with E-state index in [1.807, 2.05) is 56.4 Å². The SMILES string of the molecule is CC(C)c1nc(CN(C)C(=O)NC(Cn2cccn2)c2ccccc2)no1. The molecule has 2 amide bonds. The van der Waals surface area contributed by atoms with Gasteiger partial charge in [0, 0.05) is 25.4 Å². The van der Waals surface area contributed by atoms with Crippen LogP contribution in [0.15, 0.2) is 53.3 Å². The molecule has 27 heavy (non-hydrogen) atoms. The molecule has 0 saturated carbocycles. The Kier molecular flexibility index (Phi) is 5.85. The van der Waals surface area contributed by atoms with E-state index in [2.05, 4.69) is 20.6 Å². The molecule has 0 saturated heterocycles. The van der Waals surface area contributed by atoms with Crippen molar-refractivity contribution in [3.63, 3.8) is 0 Å². The Morgan fingerprint density at radius 2 is 2.04 bits per heavy atom. The minimum Gasteiger partial charge on any atom is -0.339 e. The highest BCUT2D eigenvalue weighted by molar-refractivity contribution is 5.74. The molecule has 1 atom stereocenters. The van der Waals surface area contributed by atoms with Gasteiger partial charge in [0.05, 0.1) is 19.1 Å². The second kappa shape index (κ2) is 8.48. The largest absolute Gasteiger partial charge is 0.339 e. The molecular weight excluding hydrogens is 344 g/mol. The topological polar surface area (TPSA) is 89.1 Å². The van der Waals surface area contributed by atoms with Gasteiger partial charge in [-0.05, 0) is 11.6 Å². The number of benzene rings is 1. The van der Waals surface area contributed by atoms with Gasteiger partial charge in [0.15, 0.2) is 5.82 Å². The number of amides is 2. The van der Waals surface area contributed by atoms with Crippen LogP contribution in [0.5, 0.6) is 0 Å². The molecule has 142 valence electrons. The van der Waals surface area contributed by atoms with E-state index in [9.17, 15) is 4.79 Å². The number of hydrogen-bond acceptors (Lipinski definition) is 5. The van der Waals surface area contributed by atoms with Gasteiger partial charge < -0.3 is 14.7 Å². The van der Waals surface area contributed by atoms with E-state index >= 15 is 0 Å². The quantitative estimate of drug-likeness (QED) is 0.692. The van der Waals surface area contributed by atoms with E-state index in [1.54, 1.807) is 17.9 Å². The standard InChI is InChI=1S/C19H24N6O2/c1-14(2)18-22-17(23-27-18)13-24(3)19(26)21-16(12-25-11-7-10-20-25)15-8-5-4-6-9-15/h4-11,14,16H,12-13H2,1-3H3,(H,21,26). The highest BCUT2D eigenvalue weighted by Gasteiger charge is 2.20. The summed E-state index contributed by atoms with van der Waals surface area (Å²) in [7, 11) is 1.71. The Labute approximate surface area is 158 Å². The number of aromatic nitrogens is 4. The monoisotopic (exact) mass is 368 g/mol. The van der Waals surface area contributed by atoms with Gasteiger partial charge >= 0.3 is 6.03 Å². The van der Waals surface area contributed by atoms with Crippen molar-refractivity contribution in [2.75, 3.05) is 7.05 Å².